The zero-order chi connectivity index (χ0) is 14.5. The topological polar surface area (TPSA) is 42.7 Å². The van der Waals surface area contributed by atoms with Gasteiger partial charge in [0.05, 0.1) is 0 Å². The summed E-state index contributed by atoms with van der Waals surface area (Å²) in [5.41, 5.74) is 2.37. The van der Waals surface area contributed by atoms with E-state index in [0.717, 1.165) is 28.9 Å². The second-order valence-electron chi connectivity index (χ2n) is 4.67. The highest BCUT2D eigenvalue weighted by molar-refractivity contribution is 9.10. The molecule has 3 rings (SSSR count). The number of benzene rings is 1. The van der Waals surface area contributed by atoms with E-state index in [-0.39, 0.29) is 0 Å². The molecule has 0 saturated heterocycles. The standard InChI is InChI=1S/C16H15BrN4/c17-15-6-1-4-13(10-15)11-18-12-14-5-2-7-19-16(14)21-9-3-8-20-21/h1-10,18H,11-12H2. The minimum absolute atomic E-state index is 0.746. The molecule has 0 aliphatic carbocycles. The van der Waals surface area contributed by atoms with E-state index in [9.17, 15) is 0 Å². The minimum atomic E-state index is 0.746. The van der Waals surface area contributed by atoms with E-state index < -0.39 is 0 Å². The Morgan fingerprint density at radius 2 is 2.00 bits per heavy atom. The van der Waals surface area contributed by atoms with Gasteiger partial charge in [-0.15, -0.1) is 0 Å². The van der Waals surface area contributed by atoms with Gasteiger partial charge in [0.25, 0.3) is 0 Å². The first-order valence-electron chi connectivity index (χ1n) is 6.72. The number of nitrogens with zero attached hydrogens (tertiary/aromatic N) is 3. The summed E-state index contributed by atoms with van der Waals surface area (Å²) in [4.78, 5) is 4.41. The second kappa shape index (κ2) is 6.65. The van der Waals surface area contributed by atoms with Crippen LogP contribution in [0.4, 0.5) is 0 Å². The number of aromatic nitrogens is 3. The summed E-state index contributed by atoms with van der Waals surface area (Å²) >= 11 is 3.49. The van der Waals surface area contributed by atoms with E-state index in [0.29, 0.717) is 0 Å². The maximum Gasteiger partial charge on any atom is 0.157 e. The van der Waals surface area contributed by atoms with E-state index in [2.05, 4.69) is 49.5 Å². The molecule has 4 nitrogen and oxygen atoms in total. The zero-order valence-electron chi connectivity index (χ0n) is 11.4. The highest BCUT2D eigenvalue weighted by Gasteiger charge is 2.05. The van der Waals surface area contributed by atoms with Gasteiger partial charge in [-0.25, -0.2) is 9.67 Å². The number of halogens is 1. The number of rotatable bonds is 5. The van der Waals surface area contributed by atoms with Crippen LogP contribution in [0.5, 0.6) is 0 Å². The normalized spacial score (nSPS) is 10.7. The van der Waals surface area contributed by atoms with Crippen molar-refractivity contribution in [2.75, 3.05) is 0 Å². The number of nitrogens with one attached hydrogen (secondary N) is 1. The average Bonchev–Trinajstić information content (AvgIpc) is 3.02. The Balaban J connectivity index is 1.69. The predicted octanol–water partition coefficient (Wildman–Crippen LogP) is 3.32. The first kappa shape index (κ1) is 14.0. The van der Waals surface area contributed by atoms with Crippen molar-refractivity contribution in [3.63, 3.8) is 0 Å². The number of hydrogen-bond acceptors (Lipinski definition) is 3. The Hall–Kier alpha value is -1.98. The maximum absolute atomic E-state index is 4.41. The molecule has 0 fully saturated rings. The Bertz CT molecular complexity index is 710. The van der Waals surface area contributed by atoms with Gasteiger partial charge in [-0.2, -0.15) is 5.10 Å². The van der Waals surface area contributed by atoms with E-state index in [1.807, 2.05) is 30.5 Å². The quantitative estimate of drug-likeness (QED) is 0.773. The van der Waals surface area contributed by atoms with Crippen molar-refractivity contribution in [3.8, 4) is 5.82 Å². The molecule has 3 aromatic rings. The molecule has 0 amide bonds. The Morgan fingerprint density at radius 3 is 2.81 bits per heavy atom. The summed E-state index contributed by atoms with van der Waals surface area (Å²) in [7, 11) is 0. The highest BCUT2D eigenvalue weighted by Crippen LogP contribution is 2.13. The summed E-state index contributed by atoms with van der Waals surface area (Å²) in [6.45, 7) is 1.56. The van der Waals surface area contributed by atoms with E-state index in [1.165, 1.54) is 5.56 Å². The molecule has 5 heteroatoms. The molecule has 0 saturated carbocycles. The fraction of sp³-hybridized carbons (Fsp3) is 0.125. The summed E-state index contributed by atoms with van der Waals surface area (Å²) in [5.74, 6) is 0.865. The molecule has 0 atom stereocenters. The van der Waals surface area contributed by atoms with Crippen LogP contribution >= 0.6 is 15.9 Å². The maximum atomic E-state index is 4.41. The molecular formula is C16H15BrN4. The molecule has 0 radical (unpaired) electrons. The highest BCUT2D eigenvalue weighted by atomic mass is 79.9. The van der Waals surface area contributed by atoms with Crippen molar-refractivity contribution in [3.05, 3.63) is 76.7 Å². The minimum Gasteiger partial charge on any atom is -0.308 e. The number of pyridine rings is 1. The van der Waals surface area contributed by atoms with E-state index in [1.54, 1.807) is 17.1 Å². The summed E-state index contributed by atoms with van der Waals surface area (Å²) in [6, 6.07) is 14.2. The lowest BCUT2D eigenvalue weighted by Gasteiger charge is -2.10. The third-order valence-corrected chi connectivity index (χ3v) is 3.62. The first-order valence-corrected chi connectivity index (χ1v) is 7.51. The molecule has 0 aliphatic heterocycles. The fourth-order valence-corrected chi connectivity index (χ4v) is 2.60. The largest absolute Gasteiger partial charge is 0.308 e. The van der Waals surface area contributed by atoms with Crippen LogP contribution in [-0.2, 0) is 13.1 Å². The van der Waals surface area contributed by atoms with E-state index in [4.69, 9.17) is 0 Å². The molecule has 0 spiro atoms. The van der Waals surface area contributed by atoms with Crippen LogP contribution in [-0.4, -0.2) is 14.8 Å². The molecule has 0 bridgehead atoms. The Labute approximate surface area is 132 Å². The lowest BCUT2D eigenvalue weighted by atomic mass is 10.2. The van der Waals surface area contributed by atoms with E-state index >= 15 is 0 Å². The van der Waals surface area contributed by atoms with Crippen molar-refractivity contribution in [1.29, 1.82) is 0 Å². The van der Waals surface area contributed by atoms with Crippen LogP contribution in [0, 0.1) is 0 Å². The van der Waals surface area contributed by atoms with Gasteiger partial charge in [0, 0.05) is 41.7 Å². The summed E-state index contributed by atoms with van der Waals surface area (Å²) in [6.07, 6.45) is 5.45. The van der Waals surface area contributed by atoms with Crippen LogP contribution in [0.1, 0.15) is 11.1 Å². The van der Waals surface area contributed by atoms with Crippen LogP contribution in [0.15, 0.2) is 65.5 Å². The van der Waals surface area contributed by atoms with Crippen molar-refractivity contribution in [2.24, 2.45) is 0 Å². The molecule has 0 unspecified atom stereocenters. The fourth-order valence-electron chi connectivity index (χ4n) is 2.16. The van der Waals surface area contributed by atoms with Crippen LogP contribution in [0.2, 0.25) is 0 Å². The molecule has 2 aromatic heterocycles. The van der Waals surface area contributed by atoms with Gasteiger partial charge < -0.3 is 5.32 Å². The molecular weight excluding hydrogens is 328 g/mol. The van der Waals surface area contributed by atoms with Crippen LogP contribution in [0.3, 0.4) is 0 Å². The third kappa shape index (κ3) is 3.56. The molecule has 21 heavy (non-hydrogen) atoms. The zero-order valence-corrected chi connectivity index (χ0v) is 13.0. The van der Waals surface area contributed by atoms with Crippen LogP contribution < -0.4 is 5.32 Å². The average molecular weight is 343 g/mol. The SMILES string of the molecule is Brc1cccc(CNCc2cccnc2-n2cccn2)c1. The Morgan fingerprint density at radius 1 is 1.05 bits per heavy atom. The predicted molar refractivity (Wildman–Crippen MR) is 86.0 cm³/mol. The molecule has 0 aliphatic rings. The molecule has 1 aromatic carbocycles. The molecule has 106 valence electrons. The molecule has 2 heterocycles. The second-order valence-corrected chi connectivity index (χ2v) is 5.59. The van der Waals surface area contributed by atoms with Crippen molar-refractivity contribution >= 4 is 15.9 Å². The summed E-state index contributed by atoms with van der Waals surface area (Å²) < 4.78 is 2.89. The van der Waals surface area contributed by atoms with Gasteiger partial charge in [-0.05, 0) is 29.8 Å². The van der Waals surface area contributed by atoms with Gasteiger partial charge in [0.15, 0.2) is 5.82 Å². The van der Waals surface area contributed by atoms with Crippen molar-refractivity contribution in [2.45, 2.75) is 13.1 Å². The van der Waals surface area contributed by atoms with Crippen molar-refractivity contribution in [1.82, 2.24) is 20.1 Å². The van der Waals surface area contributed by atoms with Crippen LogP contribution in [0.25, 0.3) is 5.82 Å². The van der Waals surface area contributed by atoms with Gasteiger partial charge in [-0.1, -0.05) is 34.1 Å². The molecule has 1 N–H and O–H groups in total. The van der Waals surface area contributed by atoms with Gasteiger partial charge in [0.2, 0.25) is 0 Å². The first-order chi connectivity index (χ1) is 10.3. The summed E-state index contributed by atoms with van der Waals surface area (Å²) in [5, 5.41) is 7.69. The van der Waals surface area contributed by atoms with Gasteiger partial charge in [-0.3, -0.25) is 0 Å². The third-order valence-electron chi connectivity index (χ3n) is 3.12. The monoisotopic (exact) mass is 342 g/mol. The lowest BCUT2D eigenvalue weighted by molar-refractivity contribution is 0.681. The Kier molecular flexibility index (Phi) is 4.43. The lowest BCUT2D eigenvalue weighted by Crippen LogP contribution is -2.15. The van der Waals surface area contributed by atoms with Gasteiger partial charge in [0.1, 0.15) is 0 Å². The smallest absolute Gasteiger partial charge is 0.157 e. The number of hydrogen-bond donors (Lipinski definition) is 1. The van der Waals surface area contributed by atoms with Gasteiger partial charge >= 0.3 is 0 Å². The van der Waals surface area contributed by atoms with Crippen molar-refractivity contribution < 1.29 is 0 Å².